The summed E-state index contributed by atoms with van der Waals surface area (Å²) in [4.78, 5) is 15.7. The molecule has 0 spiro atoms. The van der Waals surface area contributed by atoms with Gasteiger partial charge in [0.25, 0.3) is 5.91 Å². The lowest BCUT2D eigenvalue weighted by atomic mass is 9.87. The van der Waals surface area contributed by atoms with Crippen molar-refractivity contribution >= 4 is 33.1 Å². The van der Waals surface area contributed by atoms with Crippen molar-refractivity contribution in [3.05, 3.63) is 120 Å². The summed E-state index contributed by atoms with van der Waals surface area (Å²) in [5.41, 5.74) is 1.07. The third-order valence-electron chi connectivity index (χ3n) is 6.83. The molecule has 0 unspecified atom stereocenters. The first-order valence-electron chi connectivity index (χ1n) is 11.3. The lowest BCUT2D eigenvalue weighted by Gasteiger charge is -2.25. The molecule has 0 saturated heterocycles. The maximum atomic E-state index is 14.0. The summed E-state index contributed by atoms with van der Waals surface area (Å²) in [5, 5.41) is 16.4. The smallest absolute Gasteiger partial charge is 0.268 e. The molecule has 1 heterocycles. The highest BCUT2D eigenvalue weighted by Gasteiger charge is 2.51. The molecule has 1 aliphatic rings. The first-order chi connectivity index (χ1) is 16.6. The van der Waals surface area contributed by atoms with Crippen LogP contribution in [0.4, 0.5) is 5.69 Å². The zero-order valence-corrected chi connectivity index (χ0v) is 18.7. The minimum Gasteiger partial charge on any atom is -0.497 e. The van der Waals surface area contributed by atoms with E-state index in [2.05, 4.69) is 30.3 Å². The van der Waals surface area contributed by atoms with E-state index < -0.39 is 5.60 Å². The molecule has 5 aromatic carbocycles. The Morgan fingerprint density at radius 1 is 0.794 bits per heavy atom. The van der Waals surface area contributed by atoms with E-state index in [1.54, 1.807) is 36.3 Å². The number of rotatable bonds is 4. The van der Waals surface area contributed by atoms with Gasteiger partial charge in [-0.3, -0.25) is 4.79 Å². The van der Waals surface area contributed by atoms with Gasteiger partial charge >= 0.3 is 0 Å². The Labute approximate surface area is 197 Å². The van der Waals surface area contributed by atoms with Crippen LogP contribution in [0.15, 0.2) is 103 Å². The van der Waals surface area contributed by atoms with E-state index in [0.717, 1.165) is 32.8 Å². The molecule has 0 saturated carbocycles. The van der Waals surface area contributed by atoms with Crippen LogP contribution in [0.1, 0.15) is 16.7 Å². The second kappa shape index (κ2) is 7.72. The molecule has 0 bridgehead atoms. The Morgan fingerprint density at radius 3 is 2.15 bits per heavy atom. The Balaban J connectivity index is 1.54. The first kappa shape index (κ1) is 20.5. The van der Waals surface area contributed by atoms with Crippen LogP contribution in [-0.4, -0.2) is 18.1 Å². The quantitative estimate of drug-likeness (QED) is 0.357. The molecule has 1 atom stereocenters. The number of amides is 1. The van der Waals surface area contributed by atoms with Crippen molar-refractivity contribution < 1.29 is 14.6 Å². The number of para-hydroxylation sites is 1. The Hall–Kier alpha value is -4.15. The number of carbonyl (C=O) groups is 1. The number of benzene rings is 5. The van der Waals surface area contributed by atoms with Gasteiger partial charge < -0.3 is 14.7 Å². The van der Waals surface area contributed by atoms with E-state index in [-0.39, 0.29) is 5.91 Å². The molecule has 0 fully saturated rings. The number of methoxy groups -OCH3 is 1. The molecule has 6 rings (SSSR count). The first-order valence-corrected chi connectivity index (χ1v) is 11.3. The number of nitrogens with zero attached hydrogens (tertiary/aromatic N) is 1. The predicted molar refractivity (Wildman–Crippen MR) is 135 cm³/mol. The zero-order valence-electron chi connectivity index (χ0n) is 18.7. The van der Waals surface area contributed by atoms with Crippen molar-refractivity contribution in [2.45, 2.75) is 12.1 Å². The second-order valence-electron chi connectivity index (χ2n) is 8.65. The van der Waals surface area contributed by atoms with Gasteiger partial charge in [-0.25, -0.2) is 0 Å². The fraction of sp³-hybridized carbons (Fsp3) is 0.100. The zero-order chi connectivity index (χ0) is 23.3. The largest absolute Gasteiger partial charge is 0.497 e. The normalized spacial score (nSPS) is 17.4. The molecular weight excluding hydrogens is 422 g/mol. The topological polar surface area (TPSA) is 49.8 Å². The molecule has 0 aliphatic carbocycles. The van der Waals surface area contributed by atoms with E-state index in [9.17, 15) is 9.90 Å². The van der Waals surface area contributed by atoms with Crippen LogP contribution in [0.3, 0.4) is 0 Å². The van der Waals surface area contributed by atoms with Crippen LogP contribution < -0.4 is 9.64 Å². The van der Waals surface area contributed by atoms with Crippen LogP contribution in [0.25, 0.3) is 21.5 Å². The van der Waals surface area contributed by atoms with Crippen molar-refractivity contribution in [2.24, 2.45) is 0 Å². The van der Waals surface area contributed by atoms with Crippen molar-refractivity contribution in [1.29, 1.82) is 0 Å². The number of carbonyl (C=O) groups excluding carboxylic acids is 1. The summed E-state index contributed by atoms with van der Waals surface area (Å²) in [6, 6.07) is 33.2. The standard InChI is InChI=1S/C30H23NO3/c1-34-23-12-8-11-22(18-23)30(33)27-15-6-7-16-28(27)31(29(30)32)19-26-24-13-4-2-9-20(24)17-21-10-3-5-14-25(21)26/h2-18,33H,19H2,1H3/t30-/m0/s1. The molecule has 4 nitrogen and oxygen atoms in total. The number of ether oxygens (including phenoxy) is 1. The van der Waals surface area contributed by atoms with Gasteiger partial charge in [0.2, 0.25) is 0 Å². The van der Waals surface area contributed by atoms with E-state index in [1.165, 1.54) is 0 Å². The maximum Gasteiger partial charge on any atom is 0.268 e. The van der Waals surface area contributed by atoms with Crippen LogP contribution in [0.2, 0.25) is 0 Å². The lowest BCUT2D eigenvalue weighted by Crippen LogP contribution is -2.41. The summed E-state index contributed by atoms with van der Waals surface area (Å²) < 4.78 is 5.37. The predicted octanol–water partition coefficient (Wildman–Crippen LogP) is 5.78. The van der Waals surface area contributed by atoms with E-state index >= 15 is 0 Å². The Morgan fingerprint density at radius 2 is 1.44 bits per heavy atom. The van der Waals surface area contributed by atoms with Crippen LogP contribution in [-0.2, 0) is 16.9 Å². The molecule has 34 heavy (non-hydrogen) atoms. The van der Waals surface area contributed by atoms with Crippen LogP contribution >= 0.6 is 0 Å². The Bertz CT molecular complexity index is 1520. The maximum absolute atomic E-state index is 14.0. The molecule has 4 heteroatoms. The van der Waals surface area contributed by atoms with E-state index in [0.29, 0.717) is 23.4 Å². The summed E-state index contributed by atoms with van der Waals surface area (Å²) in [6.07, 6.45) is 0. The average molecular weight is 446 g/mol. The van der Waals surface area contributed by atoms with Gasteiger partial charge in [0, 0.05) is 11.1 Å². The van der Waals surface area contributed by atoms with Crippen LogP contribution in [0, 0.1) is 0 Å². The summed E-state index contributed by atoms with van der Waals surface area (Å²) in [5.74, 6) is 0.230. The molecule has 0 radical (unpaired) electrons. The van der Waals surface area contributed by atoms with Crippen LogP contribution in [0.5, 0.6) is 5.75 Å². The van der Waals surface area contributed by atoms with E-state index in [1.807, 2.05) is 48.5 Å². The van der Waals surface area contributed by atoms with Crippen molar-refractivity contribution in [3.8, 4) is 5.75 Å². The van der Waals surface area contributed by atoms with E-state index in [4.69, 9.17) is 4.74 Å². The third-order valence-corrected chi connectivity index (χ3v) is 6.83. The number of hydrogen-bond donors (Lipinski definition) is 1. The Kier molecular flexibility index (Phi) is 4.64. The highest BCUT2D eigenvalue weighted by molar-refractivity contribution is 6.10. The molecule has 166 valence electrons. The van der Waals surface area contributed by atoms with Gasteiger partial charge in [0.1, 0.15) is 5.75 Å². The monoisotopic (exact) mass is 445 g/mol. The van der Waals surface area contributed by atoms with Crippen molar-refractivity contribution in [1.82, 2.24) is 0 Å². The molecular formula is C30H23NO3. The fourth-order valence-electron chi connectivity index (χ4n) is 5.16. The number of hydrogen-bond acceptors (Lipinski definition) is 3. The molecule has 1 aliphatic heterocycles. The van der Waals surface area contributed by atoms with Crippen molar-refractivity contribution in [3.63, 3.8) is 0 Å². The minimum atomic E-state index is -1.79. The molecule has 5 aromatic rings. The van der Waals surface area contributed by atoms with Gasteiger partial charge in [-0.2, -0.15) is 0 Å². The molecule has 0 aromatic heterocycles. The number of aliphatic hydroxyl groups is 1. The number of fused-ring (bicyclic) bond motifs is 3. The minimum absolute atomic E-state index is 0.351. The summed E-state index contributed by atoms with van der Waals surface area (Å²) in [6.45, 7) is 0.351. The van der Waals surface area contributed by atoms with Gasteiger partial charge in [0.05, 0.1) is 19.3 Å². The van der Waals surface area contributed by atoms with Gasteiger partial charge in [-0.05, 0) is 51.4 Å². The highest BCUT2D eigenvalue weighted by Crippen LogP contribution is 2.46. The summed E-state index contributed by atoms with van der Waals surface area (Å²) >= 11 is 0. The SMILES string of the molecule is COc1cccc([C@@]2(O)C(=O)N(Cc3c4ccccc4cc4ccccc34)c3ccccc32)c1. The fourth-order valence-corrected chi connectivity index (χ4v) is 5.16. The van der Waals surface area contributed by atoms with Crippen molar-refractivity contribution in [2.75, 3.05) is 12.0 Å². The second-order valence-corrected chi connectivity index (χ2v) is 8.65. The third kappa shape index (κ3) is 2.93. The number of anilines is 1. The highest BCUT2D eigenvalue weighted by atomic mass is 16.5. The lowest BCUT2D eigenvalue weighted by molar-refractivity contribution is -0.132. The van der Waals surface area contributed by atoms with Gasteiger partial charge in [-0.1, -0.05) is 78.9 Å². The van der Waals surface area contributed by atoms with Gasteiger partial charge in [0.15, 0.2) is 5.60 Å². The molecule has 1 amide bonds. The summed E-state index contributed by atoms with van der Waals surface area (Å²) in [7, 11) is 1.57. The average Bonchev–Trinajstić information content (AvgIpc) is 3.11. The molecule has 1 N–H and O–H groups in total. The van der Waals surface area contributed by atoms with Gasteiger partial charge in [-0.15, -0.1) is 0 Å².